The van der Waals surface area contributed by atoms with E-state index in [1.54, 1.807) is 18.2 Å². The second-order valence-electron chi connectivity index (χ2n) is 6.22. The van der Waals surface area contributed by atoms with Crippen LogP contribution in [-0.4, -0.2) is 44.4 Å². The van der Waals surface area contributed by atoms with Crippen LogP contribution in [0, 0.1) is 10.1 Å². The van der Waals surface area contributed by atoms with Gasteiger partial charge in [-0.1, -0.05) is 6.07 Å². The Kier molecular flexibility index (Phi) is 6.30. The third-order valence-corrected chi connectivity index (χ3v) is 5.73. The van der Waals surface area contributed by atoms with Crippen molar-refractivity contribution < 1.29 is 33.8 Å². The van der Waals surface area contributed by atoms with E-state index in [-0.39, 0.29) is 16.3 Å². The number of aromatic carboxylic acids is 1. The van der Waals surface area contributed by atoms with E-state index in [2.05, 4.69) is 0 Å². The molecule has 9 nitrogen and oxygen atoms in total. The summed E-state index contributed by atoms with van der Waals surface area (Å²) in [4.78, 5) is 23.2. The van der Waals surface area contributed by atoms with Gasteiger partial charge in [-0.2, -0.15) is 0 Å². The Morgan fingerprint density at radius 1 is 0.903 bits per heavy atom. The van der Waals surface area contributed by atoms with Gasteiger partial charge in [0.05, 0.1) is 33.4 Å². The molecule has 3 aromatic rings. The second kappa shape index (κ2) is 8.92. The van der Waals surface area contributed by atoms with Crippen LogP contribution in [0.2, 0.25) is 0 Å². The predicted octanol–water partition coefficient (Wildman–Crippen LogP) is 4.72. The zero-order chi connectivity index (χ0) is 22.7. The summed E-state index contributed by atoms with van der Waals surface area (Å²) in [7, 11) is 5.78. The van der Waals surface area contributed by atoms with Crippen molar-refractivity contribution in [3.63, 3.8) is 0 Å². The molecule has 0 bridgehead atoms. The Balaban J connectivity index is 2.28. The smallest absolute Gasteiger partial charge is 0.345 e. The molecule has 0 amide bonds. The van der Waals surface area contributed by atoms with Gasteiger partial charge in [0.25, 0.3) is 0 Å². The summed E-state index contributed by atoms with van der Waals surface area (Å²) in [5.41, 5.74) is 1.38. The van der Waals surface area contributed by atoms with Crippen molar-refractivity contribution in [2.75, 3.05) is 28.4 Å². The zero-order valence-electron chi connectivity index (χ0n) is 17.1. The zero-order valence-corrected chi connectivity index (χ0v) is 17.9. The maximum absolute atomic E-state index is 11.7. The molecule has 0 unspecified atom stereocenters. The van der Waals surface area contributed by atoms with E-state index in [4.69, 9.17) is 18.9 Å². The van der Waals surface area contributed by atoms with Gasteiger partial charge in [0, 0.05) is 16.5 Å². The number of methoxy groups -OCH3 is 4. The standard InChI is InChI=1S/C21H19NO8S/c1-27-15-6-5-11(7-14(15)22(25)26)13-10-18(21(23)24)31-20(13)12-8-16(28-2)19(30-4)17(9-12)29-3/h5-10H,1-4H3,(H,23,24). The lowest BCUT2D eigenvalue weighted by Crippen LogP contribution is -1.96. The summed E-state index contributed by atoms with van der Waals surface area (Å²) in [5, 5.41) is 21.0. The highest BCUT2D eigenvalue weighted by Crippen LogP contribution is 2.47. The monoisotopic (exact) mass is 445 g/mol. The molecule has 0 saturated heterocycles. The van der Waals surface area contributed by atoms with Crippen molar-refractivity contribution >= 4 is 23.0 Å². The molecule has 0 atom stereocenters. The number of benzene rings is 2. The van der Waals surface area contributed by atoms with Crippen LogP contribution >= 0.6 is 11.3 Å². The number of carbonyl (C=O) groups is 1. The first kappa shape index (κ1) is 21.9. The maximum Gasteiger partial charge on any atom is 0.345 e. The van der Waals surface area contributed by atoms with E-state index < -0.39 is 10.9 Å². The number of ether oxygens (including phenoxy) is 4. The molecule has 1 heterocycles. The first-order valence-electron chi connectivity index (χ1n) is 8.84. The van der Waals surface area contributed by atoms with Gasteiger partial charge in [0.1, 0.15) is 4.88 Å². The van der Waals surface area contributed by atoms with Gasteiger partial charge in [0.15, 0.2) is 17.2 Å². The van der Waals surface area contributed by atoms with Crippen molar-refractivity contribution in [3.05, 3.63) is 51.4 Å². The molecule has 1 aromatic heterocycles. The number of nitro groups is 1. The molecule has 3 rings (SSSR count). The number of nitrogens with zero attached hydrogens (tertiary/aromatic N) is 1. The molecule has 0 spiro atoms. The van der Waals surface area contributed by atoms with E-state index in [0.717, 1.165) is 11.3 Å². The largest absolute Gasteiger partial charge is 0.493 e. The molecule has 0 fully saturated rings. The van der Waals surface area contributed by atoms with Crippen molar-refractivity contribution in [3.8, 4) is 44.6 Å². The summed E-state index contributed by atoms with van der Waals surface area (Å²) < 4.78 is 21.2. The van der Waals surface area contributed by atoms with Crippen molar-refractivity contribution in [1.29, 1.82) is 0 Å². The van der Waals surface area contributed by atoms with Gasteiger partial charge in [-0.25, -0.2) is 4.79 Å². The Hall–Kier alpha value is -3.79. The Morgan fingerprint density at radius 3 is 2.00 bits per heavy atom. The fourth-order valence-corrected chi connectivity index (χ4v) is 4.14. The first-order chi connectivity index (χ1) is 14.8. The quantitative estimate of drug-likeness (QED) is 0.391. The minimum absolute atomic E-state index is 0.0808. The molecular formula is C21H19NO8S. The lowest BCUT2D eigenvalue weighted by molar-refractivity contribution is -0.385. The average molecular weight is 445 g/mol. The maximum atomic E-state index is 11.7. The van der Waals surface area contributed by atoms with Gasteiger partial charge in [-0.3, -0.25) is 10.1 Å². The van der Waals surface area contributed by atoms with E-state index in [0.29, 0.717) is 38.8 Å². The van der Waals surface area contributed by atoms with Crippen molar-refractivity contribution in [2.45, 2.75) is 0 Å². The van der Waals surface area contributed by atoms with Crippen LogP contribution in [0.4, 0.5) is 5.69 Å². The number of nitro benzene ring substituents is 1. The average Bonchev–Trinajstić information content (AvgIpc) is 3.23. The van der Waals surface area contributed by atoms with Gasteiger partial charge >= 0.3 is 11.7 Å². The Bertz CT molecular complexity index is 1130. The first-order valence-corrected chi connectivity index (χ1v) is 9.66. The number of hydrogen-bond donors (Lipinski definition) is 1. The molecule has 2 aromatic carbocycles. The van der Waals surface area contributed by atoms with Crippen LogP contribution in [-0.2, 0) is 0 Å². The van der Waals surface area contributed by atoms with Crippen LogP contribution in [0.1, 0.15) is 9.67 Å². The second-order valence-corrected chi connectivity index (χ2v) is 7.27. The van der Waals surface area contributed by atoms with Crippen LogP contribution < -0.4 is 18.9 Å². The molecule has 10 heteroatoms. The third-order valence-electron chi connectivity index (χ3n) is 4.56. The summed E-state index contributed by atoms with van der Waals surface area (Å²) >= 11 is 1.04. The highest BCUT2D eigenvalue weighted by Gasteiger charge is 2.23. The van der Waals surface area contributed by atoms with Crippen molar-refractivity contribution in [1.82, 2.24) is 0 Å². The number of carboxylic acid groups (broad SMARTS) is 1. The molecule has 162 valence electrons. The lowest BCUT2D eigenvalue weighted by Gasteiger charge is -2.14. The number of hydrogen-bond acceptors (Lipinski definition) is 8. The molecule has 31 heavy (non-hydrogen) atoms. The Morgan fingerprint density at radius 2 is 1.52 bits per heavy atom. The van der Waals surface area contributed by atoms with Crippen LogP contribution in [0.15, 0.2) is 36.4 Å². The van der Waals surface area contributed by atoms with Gasteiger partial charge < -0.3 is 24.1 Å². The summed E-state index contributed by atoms with van der Waals surface area (Å²) in [6.07, 6.45) is 0. The lowest BCUT2D eigenvalue weighted by atomic mass is 10.0. The minimum Gasteiger partial charge on any atom is -0.493 e. The van der Waals surface area contributed by atoms with E-state index in [1.165, 1.54) is 46.6 Å². The topological polar surface area (TPSA) is 117 Å². The SMILES string of the molecule is COc1ccc(-c2cc(C(=O)O)sc2-c2cc(OC)c(OC)c(OC)c2)cc1[N+](=O)[O-]. The predicted molar refractivity (Wildman–Crippen MR) is 115 cm³/mol. The normalized spacial score (nSPS) is 10.5. The van der Waals surface area contributed by atoms with E-state index in [1.807, 2.05) is 0 Å². The van der Waals surface area contributed by atoms with Gasteiger partial charge in [-0.15, -0.1) is 11.3 Å². The summed E-state index contributed by atoms with van der Waals surface area (Å²) in [6.45, 7) is 0. The summed E-state index contributed by atoms with van der Waals surface area (Å²) in [6, 6.07) is 9.34. The fourth-order valence-electron chi connectivity index (χ4n) is 3.14. The minimum atomic E-state index is -1.10. The van der Waals surface area contributed by atoms with Crippen LogP contribution in [0.25, 0.3) is 21.6 Å². The summed E-state index contributed by atoms with van der Waals surface area (Å²) in [5.74, 6) is 0.192. The van der Waals surface area contributed by atoms with Crippen LogP contribution in [0.5, 0.6) is 23.0 Å². The van der Waals surface area contributed by atoms with E-state index >= 15 is 0 Å². The van der Waals surface area contributed by atoms with Crippen LogP contribution in [0.3, 0.4) is 0 Å². The number of carboxylic acids is 1. The molecule has 0 radical (unpaired) electrons. The highest BCUT2D eigenvalue weighted by atomic mass is 32.1. The van der Waals surface area contributed by atoms with Gasteiger partial charge in [-0.05, 0) is 35.4 Å². The number of rotatable bonds is 8. The third kappa shape index (κ3) is 4.10. The fraction of sp³-hybridized carbons (Fsp3) is 0.190. The molecule has 0 aliphatic heterocycles. The molecule has 0 aliphatic rings. The number of thiophene rings is 1. The molecule has 1 N–H and O–H groups in total. The van der Waals surface area contributed by atoms with Gasteiger partial charge in [0.2, 0.25) is 5.75 Å². The molecular weight excluding hydrogens is 426 g/mol. The molecule has 0 saturated carbocycles. The Labute approximate surface area is 181 Å². The van der Waals surface area contributed by atoms with E-state index in [9.17, 15) is 20.0 Å². The highest BCUT2D eigenvalue weighted by molar-refractivity contribution is 7.18. The van der Waals surface area contributed by atoms with Crippen molar-refractivity contribution in [2.24, 2.45) is 0 Å². The molecule has 0 aliphatic carbocycles.